The van der Waals surface area contributed by atoms with Crippen molar-refractivity contribution in [2.45, 2.75) is 12.2 Å². The zero-order valence-electron chi connectivity index (χ0n) is 9.50. The van der Waals surface area contributed by atoms with Crippen LogP contribution in [0.15, 0.2) is 22.7 Å². The van der Waals surface area contributed by atoms with Gasteiger partial charge in [-0.3, -0.25) is 9.00 Å². The van der Waals surface area contributed by atoms with Gasteiger partial charge in [-0.25, -0.2) is 0 Å². The molecule has 0 aliphatic heterocycles. The average molecular weight is 339 g/mol. The molecule has 0 heterocycles. The summed E-state index contributed by atoms with van der Waals surface area (Å²) in [5.41, 5.74) is 0.478. The molecule has 0 saturated heterocycles. The molecule has 0 aliphatic rings. The van der Waals surface area contributed by atoms with Gasteiger partial charge in [0.25, 0.3) is 5.91 Å². The molecule has 0 saturated carbocycles. The Kier molecular flexibility index (Phi) is 5.62. The maximum Gasteiger partial charge on any atom is 0.252 e. The molecule has 1 N–H and O–H groups in total. The first kappa shape index (κ1) is 14.7. The van der Waals surface area contributed by atoms with Crippen molar-refractivity contribution < 1.29 is 9.00 Å². The predicted octanol–water partition coefficient (Wildman–Crippen LogP) is 2.60. The molecule has 0 aromatic heterocycles. The molecule has 0 bridgehead atoms. The Labute approximate surface area is 117 Å². The maximum absolute atomic E-state index is 11.8. The minimum atomic E-state index is -0.945. The molecule has 94 valence electrons. The van der Waals surface area contributed by atoms with Crippen LogP contribution in [0.2, 0.25) is 5.02 Å². The maximum atomic E-state index is 11.8. The van der Waals surface area contributed by atoms with Gasteiger partial charge in [0.2, 0.25) is 0 Å². The third kappa shape index (κ3) is 4.41. The fraction of sp³-hybridized carbons (Fsp3) is 0.364. The number of hydrogen-bond donors (Lipinski definition) is 1. The Morgan fingerprint density at radius 3 is 2.82 bits per heavy atom. The first-order valence-corrected chi connectivity index (χ1v) is 7.76. The van der Waals surface area contributed by atoms with Crippen LogP contribution in [0.1, 0.15) is 17.3 Å². The number of nitrogens with one attached hydrogen (secondary N) is 1. The Morgan fingerprint density at radius 2 is 2.24 bits per heavy atom. The number of carbonyl (C=O) groups is 1. The van der Waals surface area contributed by atoms with Crippen LogP contribution < -0.4 is 5.32 Å². The molecular weight excluding hydrogens is 326 g/mol. The van der Waals surface area contributed by atoms with E-state index in [1.165, 1.54) is 0 Å². The third-order valence-corrected chi connectivity index (χ3v) is 4.52. The van der Waals surface area contributed by atoms with Crippen molar-refractivity contribution in [2.24, 2.45) is 0 Å². The lowest BCUT2D eigenvalue weighted by Crippen LogP contribution is -2.32. The smallest absolute Gasteiger partial charge is 0.252 e. The van der Waals surface area contributed by atoms with E-state index in [1.807, 2.05) is 6.92 Å². The molecule has 2 unspecified atom stereocenters. The van der Waals surface area contributed by atoms with E-state index in [2.05, 4.69) is 21.2 Å². The zero-order valence-corrected chi connectivity index (χ0v) is 12.7. The van der Waals surface area contributed by atoms with Crippen molar-refractivity contribution >= 4 is 44.2 Å². The monoisotopic (exact) mass is 337 g/mol. The highest BCUT2D eigenvalue weighted by Gasteiger charge is 2.13. The number of rotatable bonds is 4. The van der Waals surface area contributed by atoms with Crippen LogP contribution in [-0.2, 0) is 10.8 Å². The van der Waals surface area contributed by atoms with E-state index in [-0.39, 0.29) is 11.2 Å². The van der Waals surface area contributed by atoms with Gasteiger partial charge < -0.3 is 5.32 Å². The fourth-order valence-electron chi connectivity index (χ4n) is 1.12. The number of halogens is 2. The molecule has 0 radical (unpaired) electrons. The summed E-state index contributed by atoms with van der Waals surface area (Å²) in [6.45, 7) is 2.20. The molecule has 1 aromatic rings. The van der Waals surface area contributed by atoms with Crippen molar-refractivity contribution in [1.29, 1.82) is 0 Å². The molecule has 0 aliphatic carbocycles. The first-order valence-electron chi connectivity index (χ1n) is 4.97. The Hall–Kier alpha value is -0.390. The van der Waals surface area contributed by atoms with Gasteiger partial charge in [0.05, 0.1) is 5.56 Å². The predicted molar refractivity (Wildman–Crippen MR) is 75.0 cm³/mol. The second-order valence-electron chi connectivity index (χ2n) is 3.64. The summed E-state index contributed by atoms with van der Waals surface area (Å²) in [7, 11) is -0.945. The molecule has 0 fully saturated rings. The highest BCUT2D eigenvalue weighted by atomic mass is 79.9. The standard InChI is InChI=1S/C11H13BrClNO2S/c1-7(17(2)16)6-14-11(15)9-5-8(13)3-4-10(9)12/h3-5,7H,6H2,1-2H3,(H,14,15). The van der Waals surface area contributed by atoms with Crippen LogP contribution in [0.5, 0.6) is 0 Å². The molecular formula is C11H13BrClNO2S. The van der Waals surface area contributed by atoms with E-state index in [4.69, 9.17) is 11.6 Å². The highest BCUT2D eigenvalue weighted by molar-refractivity contribution is 9.10. The van der Waals surface area contributed by atoms with Crippen molar-refractivity contribution in [3.63, 3.8) is 0 Å². The van der Waals surface area contributed by atoms with Crippen molar-refractivity contribution in [3.05, 3.63) is 33.3 Å². The Bertz CT molecular complexity index is 453. The number of amides is 1. The Morgan fingerprint density at radius 1 is 1.59 bits per heavy atom. The molecule has 1 amide bonds. The summed E-state index contributed by atoms with van der Waals surface area (Å²) in [5.74, 6) is -0.225. The first-order chi connectivity index (χ1) is 7.91. The summed E-state index contributed by atoms with van der Waals surface area (Å²) < 4.78 is 11.8. The molecule has 3 nitrogen and oxygen atoms in total. The van der Waals surface area contributed by atoms with Crippen molar-refractivity contribution in [2.75, 3.05) is 12.8 Å². The van der Waals surface area contributed by atoms with Crippen LogP contribution in [0, 0.1) is 0 Å². The van der Waals surface area contributed by atoms with Crippen LogP contribution in [0.25, 0.3) is 0 Å². The van der Waals surface area contributed by atoms with Crippen LogP contribution in [-0.4, -0.2) is 28.2 Å². The fourth-order valence-corrected chi connectivity index (χ4v) is 2.04. The molecule has 0 spiro atoms. The van der Waals surface area contributed by atoms with Crippen LogP contribution in [0.4, 0.5) is 0 Å². The van der Waals surface area contributed by atoms with E-state index >= 15 is 0 Å². The van der Waals surface area contributed by atoms with Gasteiger partial charge in [-0.15, -0.1) is 0 Å². The minimum Gasteiger partial charge on any atom is -0.351 e. The third-order valence-electron chi connectivity index (χ3n) is 2.29. The topological polar surface area (TPSA) is 46.2 Å². The van der Waals surface area contributed by atoms with Gasteiger partial charge >= 0.3 is 0 Å². The van der Waals surface area contributed by atoms with Gasteiger partial charge in [-0.2, -0.15) is 0 Å². The van der Waals surface area contributed by atoms with Crippen molar-refractivity contribution in [3.8, 4) is 0 Å². The second kappa shape index (κ2) is 6.52. The molecule has 1 aromatic carbocycles. The lowest BCUT2D eigenvalue weighted by Gasteiger charge is -2.11. The van der Waals surface area contributed by atoms with Gasteiger partial charge in [-0.1, -0.05) is 11.6 Å². The number of hydrogen-bond acceptors (Lipinski definition) is 2. The summed E-state index contributed by atoms with van der Waals surface area (Å²) in [4.78, 5) is 11.8. The van der Waals surface area contributed by atoms with Gasteiger partial charge in [0, 0.05) is 38.3 Å². The molecule has 6 heteroatoms. The minimum absolute atomic E-state index is 0.0723. The molecule has 1 rings (SSSR count). The SMILES string of the molecule is CC(CNC(=O)c1cc(Cl)ccc1Br)S(C)=O. The summed E-state index contributed by atoms with van der Waals surface area (Å²) in [5, 5.41) is 3.16. The average Bonchev–Trinajstić information content (AvgIpc) is 2.28. The van der Waals surface area contributed by atoms with Crippen LogP contribution in [0.3, 0.4) is 0 Å². The lowest BCUT2D eigenvalue weighted by molar-refractivity contribution is 0.0953. The summed E-state index contributed by atoms with van der Waals surface area (Å²) >= 11 is 9.11. The summed E-state index contributed by atoms with van der Waals surface area (Å²) in [6, 6.07) is 5.01. The van der Waals surface area contributed by atoms with E-state index in [9.17, 15) is 9.00 Å². The van der Waals surface area contributed by atoms with E-state index < -0.39 is 10.8 Å². The number of carbonyl (C=O) groups excluding carboxylic acids is 1. The second-order valence-corrected chi connectivity index (χ2v) is 6.74. The highest BCUT2D eigenvalue weighted by Crippen LogP contribution is 2.20. The van der Waals surface area contributed by atoms with Crippen molar-refractivity contribution in [1.82, 2.24) is 5.32 Å². The molecule has 17 heavy (non-hydrogen) atoms. The van der Waals surface area contributed by atoms with E-state index in [0.29, 0.717) is 21.6 Å². The lowest BCUT2D eigenvalue weighted by atomic mass is 10.2. The van der Waals surface area contributed by atoms with Gasteiger partial charge in [0.1, 0.15) is 0 Å². The van der Waals surface area contributed by atoms with Gasteiger partial charge in [0.15, 0.2) is 0 Å². The Balaban J connectivity index is 2.70. The largest absolute Gasteiger partial charge is 0.351 e. The quantitative estimate of drug-likeness (QED) is 0.917. The van der Waals surface area contributed by atoms with Crippen LogP contribution >= 0.6 is 27.5 Å². The van der Waals surface area contributed by atoms with E-state index in [1.54, 1.807) is 24.5 Å². The zero-order chi connectivity index (χ0) is 13.0. The molecule has 2 atom stereocenters. The normalized spacial score (nSPS) is 14.1. The summed E-state index contributed by atoms with van der Waals surface area (Å²) in [6.07, 6.45) is 1.62. The van der Waals surface area contributed by atoms with Gasteiger partial charge in [-0.05, 0) is 41.1 Å². The number of benzene rings is 1. The van der Waals surface area contributed by atoms with E-state index in [0.717, 1.165) is 0 Å².